The lowest BCUT2D eigenvalue weighted by Gasteiger charge is -2.08. The van der Waals surface area contributed by atoms with Crippen molar-refractivity contribution in [3.05, 3.63) is 65.5 Å². The Hall–Kier alpha value is -1.49. The van der Waals surface area contributed by atoms with Crippen molar-refractivity contribution in [2.75, 3.05) is 0 Å². The van der Waals surface area contributed by atoms with Gasteiger partial charge in [0.05, 0.1) is 5.56 Å². The standard InChI is InChI=1S/C14H10F4S/c15-12-5-1-3-10(7-12)9-19-13-6-2-4-11(8-13)14(16,17)18/h1-8H,9H2. The Morgan fingerprint density at radius 2 is 1.68 bits per heavy atom. The first-order chi connectivity index (χ1) is 8.95. The first-order valence-corrected chi connectivity index (χ1v) is 6.48. The predicted molar refractivity (Wildman–Crippen MR) is 67.4 cm³/mol. The lowest BCUT2D eigenvalue weighted by Crippen LogP contribution is -2.04. The maximum Gasteiger partial charge on any atom is 0.416 e. The van der Waals surface area contributed by atoms with Gasteiger partial charge in [-0.15, -0.1) is 11.8 Å². The minimum absolute atomic E-state index is 0.345. The molecule has 0 aliphatic heterocycles. The molecule has 0 amide bonds. The van der Waals surface area contributed by atoms with Crippen LogP contribution in [0.2, 0.25) is 0 Å². The number of hydrogen-bond donors (Lipinski definition) is 0. The van der Waals surface area contributed by atoms with Crippen LogP contribution in [0.25, 0.3) is 0 Å². The summed E-state index contributed by atoms with van der Waals surface area (Å²) in [6, 6.07) is 11.1. The molecular formula is C14H10F4S. The molecule has 0 N–H and O–H groups in total. The van der Waals surface area contributed by atoms with Gasteiger partial charge in [-0.1, -0.05) is 18.2 Å². The zero-order valence-corrected chi connectivity index (χ0v) is 10.6. The van der Waals surface area contributed by atoms with Gasteiger partial charge in [-0.2, -0.15) is 13.2 Å². The van der Waals surface area contributed by atoms with Crippen LogP contribution in [0, 0.1) is 5.82 Å². The fourth-order valence-corrected chi connectivity index (χ4v) is 2.45. The van der Waals surface area contributed by atoms with E-state index in [1.54, 1.807) is 18.2 Å². The maximum atomic E-state index is 13.0. The highest BCUT2D eigenvalue weighted by Gasteiger charge is 2.30. The first-order valence-electron chi connectivity index (χ1n) is 5.50. The van der Waals surface area contributed by atoms with E-state index < -0.39 is 11.7 Å². The van der Waals surface area contributed by atoms with Crippen molar-refractivity contribution in [3.63, 3.8) is 0 Å². The van der Waals surface area contributed by atoms with E-state index in [4.69, 9.17) is 0 Å². The zero-order valence-electron chi connectivity index (χ0n) is 9.75. The SMILES string of the molecule is Fc1cccc(CSc2cccc(C(F)(F)F)c2)c1. The molecule has 0 atom stereocenters. The average molecular weight is 286 g/mol. The van der Waals surface area contributed by atoms with E-state index in [0.29, 0.717) is 10.6 Å². The van der Waals surface area contributed by atoms with Crippen molar-refractivity contribution in [2.45, 2.75) is 16.8 Å². The molecule has 0 saturated carbocycles. The number of alkyl halides is 3. The summed E-state index contributed by atoms with van der Waals surface area (Å²) in [5.41, 5.74) is 0.0687. The lowest BCUT2D eigenvalue weighted by atomic mass is 10.2. The molecule has 0 saturated heterocycles. The fourth-order valence-electron chi connectivity index (χ4n) is 1.56. The third-order valence-corrected chi connectivity index (χ3v) is 3.52. The molecule has 0 nitrogen and oxygen atoms in total. The van der Waals surface area contributed by atoms with Crippen LogP contribution in [0.15, 0.2) is 53.4 Å². The third-order valence-electron chi connectivity index (χ3n) is 2.46. The third kappa shape index (κ3) is 3.99. The summed E-state index contributed by atoms with van der Waals surface area (Å²) < 4.78 is 50.5. The first kappa shape index (κ1) is 13.9. The molecule has 19 heavy (non-hydrogen) atoms. The zero-order chi connectivity index (χ0) is 13.9. The molecule has 2 aromatic carbocycles. The molecule has 0 bridgehead atoms. The summed E-state index contributed by atoms with van der Waals surface area (Å²) >= 11 is 1.25. The van der Waals surface area contributed by atoms with E-state index in [1.165, 1.54) is 30.0 Å². The highest BCUT2D eigenvalue weighted by molar-refractivity contribution is 7.98. The summed E-state index contributed by atoms with van der Waals surface area (Å²) in [7, 11) is 0. The van der Waals surface area contributed by atoms with Gasteiger partial charge in [-0.3, -0.25) is 0 Å². The number of hydrogen-bond acceptors (Lipinski definition) is 1. The molecule has 5 heteroatoms. The molecule has 0 aliphatic carbocycles. The molecule has 0 radical (unpaired) electrons. The molecule has 100 valence electrons. The van der Waals surface area contributed by atoms with E-state index >= 15 is 0 Å². The molecule has 0 unspecified atom stereocenters. The Kier molecular flexibility index (Phi) is 4.14. The van der Waals surface area contributed by atoms with Gasteiger partial charge in [0.1, 0.15) is 5.82 Å². The van der Waals surface area contributed by atoms with Crippen molar-refractivity contribution in [1.29, 1.82) is 0 Å². The van der Waals surface area contributed by atoms with Crippen LogP contribution in [-0.2, 0) is 11.9 Å². The molecule has 0 fully saturated rings. The van der Waals surface area contributed by atoms with E-state index in [1.807, 2.05) is 0 Å². The van der Waals surface area contributed by atoms with Crippen molar-refractivity contribution in [2.24, 2.45) is 0 Å². The number of halogens is 4. The van der Waals surface area contributed by atoms with Gasteiger partial charge in [0, 0.05) is 10.6 Å². The van der Waals surface area contributed by atoms with E-state index in [0.717, 1.165) is 17.7 Å². The Morgan fingerprint density at radius 1 is 0.947 bits per heavy atom. The normalized spacial score (nSPS) is 11.6. The maximum absolute atomic E-state index is 13.0. The predicted octanol–water partition coefficient (Wildman–Crippen LogP) is 5.14. The van der Waals surface area contributed by atoms with Crippen LogP contribution in [-0.4, -0.2) is 0 Å². The Morgan fingerprint density at radius 3 is 2.37 bits per heavy atom. The minimum atomic E-state index is -4.34. The molecular weight excluding hydrogens is 276 g/mol. The highest BCUT2D eigenvalue weighted by atomic mass is 32.2. The van der Waals surface area contributed by atoms with Crippen LogP contribution in [0.3, 0.4) is 0 Å². The van der Waals surface area contributed by atoms with Crippen molar-refractivity contribution in [1.82, 2.24) is 0 Å². The van der Waals surface area contributed by atoms with Crippen molar-refractivity contribution in [3.8, 4) is 0 Å². The summed E-state index contributed by atoms with van der Waals surface area (Å²) in [6.07, 6.45) is -4.34. The second-order valence-corrected chi connectivity index (χ2v) is 4.99. The Labute approximate surface area is 112 Å². The van der Waals surface area contributed by atoms with Gasteiger partial charge < -0.3 is 0 Å². The minimum Gasteiger partial charge on any atom is -0.207 e. The fraction of sp³-hybridized carbons (Fsp3) is 0.143. The van der Waals surface area contributed by atoms with Crippen molar-refractivity contribution < 1.29 is 17.6 Å². The van der Waals surface area contributed by atoms with Gasteiger partial charge in [-0.05, 0) is 35.9 Å². The molecule has 0 aliphatic rings. The average Bonchev–Trinajstić information content (AvgIpc) is 2.36. The summed E-state index contributed by atoms with van der Waals surface area (Å²) in [4.78, 5) is 0.513. The highest BCUT2D eigenvalue weighted by Crippen LogP contribution is 2.32. The van der Waals surface area contributed by atoms with Gasteiger partial charge in [0.15, 0.2) is 0 Å². The van der Waals surface area contributed by atoms with Crippen LogP contribution >= 0.6 is 11.8 Å². The lowest BCUT2D eigenvalue weighted by molar-refractivity contribution is -0.137. The van der Waals surface area contributed by atoms with Crippen LogP contribution in [0.1, 0.15) is 11.1 Å². The smallest absolute Gasteiger partial charge is 0.207 e. The van der Waals surface area contributed by atoms with Crippen LogP contribution < -0.4 is 0 Å². The van der Waals surface area contributed by atoms with Gasteiger partial charge in [0.25, 0.3) is 0 Å². The molecule has 0 aromatic heterocycles. The molecule has 2 rings (SSSR count). The number of thioether (sulfide) groups is 1. The topological polar surface area (TPSA) is 0 Å². The molecule has 0 spiro atoms. The van der Waals surface area contributed by atoms with E-state index in [9.17, 15) is 17.6 Å². The number of rotatable bonds is 3. The molecule has 0 heterocycles. The summed E-state index contributed by atoms with van der Waals surface area (Å²) in [5, 5.41) is 0. The summed E-state index contributed by atoms with van der Waals surface area (Å²) in [5.74, 6) is 0.0844. The van der Waals surface area contributed by atoms with Gasteiger partial charge in [-0.25, -0.2) is 4.39 Å². The second kappa shape index (κ2) is 5.65. The summed E-state index contributed by atoms with van der Waals surface area (Å²) in [6.45, 7) is 0. The van der Waals surface area contributed by atoms with Gasteiger partial charge in [0.2, 0.25) is 0 Å². The van der Waals surface area contributed by atoms with Gasteiger partial charge >= 0.3 is 6.18 Å². The van der Waals surface area contributed by atoms with E-state index in [-0.39, 0.29) is 5.82 Å². The van der Waals surface area contributed by atoms with Crippen molar-refractivity contribution >= 4 is 11.8 Å². The van der Waals surface area contributed by atoms with Crippen LogP contribution in [0.5, 0.6) is 0 Å². The Bertz CT molecular complexity index is 563. The van der Waals surface area contributed by atoms with E-state index in [2.05, 4.69) is 0 Å². The second-order valence-electron chi connectivity index (χ2n) is 3.94. The van der Waals surface area contributed by atoms with Crippen LogP contribution in [0.4, 0.5) is 17.6 Å². The largest absolute Gasteiger partial charge is 0.416 e. The Balaban J connectivity index is 2.08. The molecule has 2 aromatic rings. The number of benzene rings is 2. The monoisotopic (exact) mass is 286 g/mol. The quantitative estimate of drug-likeness (QED) is 0.556.